The Bertz CT molecular complexity index is 740. The fraction of sp³-hybridized carbons (Fsp3) is 0.263. The fourth-order valence-corrected chi connectivity index (χ4v) is 2.68. The molecule has 2 rings (SSSR count). The smallest absolute Gasteiger partial charge is 0.255 e. The van der Waals surface area contributed by atoms with Gasteiger partial charge < -0.3 is 10.2 Å². The van der Waals surface area contributed by atoms with Crippen LogP contribution in [0.5, 0.6) is 0 Å². The first-order valence-corrected chi connectivity index (χ1v) is 8.81. The van der Waals surface area contributed by atoms with Crippen LogP contribution in [0.3, 0.4) is 0 Å². The van der Waals surface area contributed by atoms with E-state index in [0.717, 1.165) is 20.4 Å². The Balaban J connectivity index is 1.97. The first-order valence-electron chi connectivity index (χ1n) is 7.73. The topological polar surface area (TPSA) is 49.4 Å². The Morgan fingerprint density at radius 3 is 2.33 bits per heavy atom. The molecule has 1 N–H and O–H groups in total. The number of nitrogens with zero attached hydrogens (tertiary/aromatic N) is 1. The Labute approximate surface area is 156 Å². The predicted octanol–water partition coefficient (Wildman–Crippen LogP) is 3.87. The zero-order valence-electron chi connectivity index (χ0n) is 14.1. The van der Waals surface area contributed by atoms with Gasteiger partial charge in [-0.05, 0) is 71.3 Å². The van der Waals surface area contributed by atoms with Crippen molar-refractivity contribution in [3.8, 4) is 0 Å². The van der Waals surface area contributed by atoms with E-state index in [1.807, 2.05) is 49.4 Å². The van der Waals surface area contributed by atoms with Crippen LogP contribution in [0, 0.1) is 10.5 Å². The predicted molar refractivity (Wildman–Crippen MR) is 105 cm³/mol. The zero-order chi connectivity index (χ0) is 17.7. The van der Waals surface area contributed by atoms with Crippen LogP contribution >= 0.6 is 22.6 Å². The summed E-state index contributed by atoms with van der Waals surface area (Å²) in [5.74, 6) is -0.00944. The highest BCUT2D eigenvalue weighted by Gasteiger charge is 2.08. The molecule has 0 heterocycles. The van der Waals surface area contributed by atoms with Gasteiger partial charge in [-0.3, -0.25) is 9.59 Å². The van der Waals surface area contributed by atoms with Crippen LogP contribution in [0.25, 0.3) is 0 Å². The highest BCUT2D eigenvalue weighted by molar-refractivity contribution is 14.1. The molecule has 0 spiro atoms. The van der Waals surface area contributed by atoms with Crippen LogP contribution in [0.2, 0.25) is 0 Å². The summed E-state index contributed by atoms with van der Waals surface area (Å²) in [5.41, 5.74) is 3.63. The third-order valence-electron chi connectivity index (χ3n) is 3.77. The fourth-order valence-electron chi connectivity index (χ4n) is 2.17. The quantitative estimate of drug-likeness (QED) is 0.724. The van der Waals surface area contributed by atoms with Gasteiger partial charge in [-0.2, -0.15) is 0 Å². The SMILES string of the molecule is Cc1ccc(C(=O)Nc2ccc(CCC(=O)N(C)C)cc2)cc1I. The van der Waals surface area contributed by atoms with Crippen molar-refractivity contribution < 1.29 is 9.59 Å². The number of hydrogen-bond donors (Lipinski definition) is 1. The number of benzene rings is 2. The molecule has 0 aliphatic carbocycles. The van der Waals surface area contributed by atoms with Crippen molar-refractivity contribution in [1.82, 2.24) is 4.90 Å². The van der Waals surface area contributed by atoms with Gasteiger partial charge in [-0.15, -0.1) is 0 Å². The molecule has 5 heteroatoms. The number of aryl methyl sites for hydroxylation is 2. The number of amides is 2. The third kappa shape index (κ3) is 5.06. The first-order chi connectivity index (χ1) is 11.4. The van der Waals surface area contributed by atoms with Gasteiger partial charge in [0.15, 0.2) is 0 Å². The maximum absolute atomic E-state index is 12.3. The molecule has 0 atom stereocenters. The molecule has 0 aliphatic heterocycles. The van der Waals surface area contributed by atoms with Crippen molar-refractivity contribution in [2.75, 3.05) is 19.4 Å². The average Bonchev–Trinajstić information content (AvgIpc) is 2.56. The molecule has 4 nitrogen and oxygen atoms in total. The third-order valence-corrected chi connectivity index (χ3v) is 4.93. The van der Waals surface area contributed by atoms with E-state index in [0.29, 0.717) is 18.4 Å². The molecule has 0 aliphatic rings. The summed E-state index contributed by atoms with van der Waals surface area (Å²) in [4.78, 5) is 25.5. The van der Waals surface area contributed by atoms with Crippen molar-refractivity contribution in [3.63, 3.8) is 0 Å². The molecule has 24 heavy (non-hydrogen) atoms. The van der Waals surface area contributed by atoms with Crippen LogP contribution < -0.4 is 5.32 Å². The molecule has 0 unspecified atom stereocenters. The van der Waals surface area contributed by atoms with Crippen molar-refractivity contribution in [1.29, 1.82) is 0 Å². The molecule has 0 saturated carbocycles. The lowest BCUT2D eigenvalue weighted by Crippen LogP contribution is -2.21. The van der Waals surface area contributed by atoms with Crippen molar-refractivity contribution in [3.05, 3.63) is 62.7 Å². The highest BCUT2D eigenvalue weighted by atomic mass is 127. The Kier molecular flexibility index (Phi) is 6.36. The summed E-state index contributed by atoms with van der Waals surface area (Å²) in [6, 6.07) is 13.3. The van der Waals surface area contributed by atoms with Crippen LogP contribution in [-0.2, 0) is 11.2 Å². The second kappa shape index (κ2) is 8.28. The summed E-state index contributed by atoms with van der Waals surface area (Å²) >= 11 is 2.23. The lowest BCUT2D eigenvalue weighted by molar-refractivity contribution is -0.128. The minimum atomic E-state index is -0.122. The molecule has 0 radical (unpaired) electrons. The average molecular weight is 436 g/mol. The van der Waals surface area contributed by atoms with E-state index < -0.39 is 0 Å². The summed E-state index contributed by atoms with van der Waals surface area (Å²) in [7, 11) is 3.51. The van der Waals surface area contributed by atoms with E-state index >= 15 is 0 Å². The minimum absolute atomic E-state index is 0.112. The lowest BCUT2D eigenvalue weighted by atomic mass is 10.1. The van der Waals surface area contributed by atoms with Gasteiger partial charge in [0.2, 0.25) is 5.91 Å². The minimum Gasteiger partial charge on any atom is -0.349 e. The number of carbonyl (C=O) groups excluding carboxylic acids is 2. The Hall–Kier alpha value is -1.89. The lowest BCUT2D eigenvalue weighted by Gasteiger charge is -2.10. The summed E-state index contributed by atoms with van der Waals surface area (Å²) in [6.07, 6.45) is 1.18. The summed E-state index contributed by atoms with van der Waals surface area (Å²) < 4.78 is 1.07. The number of anilines is 1. The second-order valence-corrected chi connectivity index (χ2v) is 7.07. The largest absolute Gasteiger partial charge is 0.349 e. The Morgan fingerprint density at radius 1 is 1.08 bits per heavy atom. The van der Waals surface area contributed by atoms with Crippen LogP contribution in [0.1, 0.15) is 27.9 Å². The van der Waals surface area contributed by atoms with E-state index in [9.17, 15) is 9.59 Å². The standard InChI is InChI=1S/C19H21IN2O2/c1-13-4-8-15(12-17(13)20)19(24)21-16-9-5-14(6-10-16)7-11-18(23)22(2)3/h4-6,8-10,12H,7,11H2,1-3H3,(H,21,24). The van der Waals surface area contributed by atoms with E-state index in [-0.39, 0.29) is 11.8 Å². The Morgan fingerprint density at radius 2 is 1.75 bits per heavy atom. The molecule has 2 aromatic rings. The normalized spacial score (nSPS) is 10.3. The molecule has 0 aromatic heterocycles. The number of carbonyl (C=O) groups is 2. The van der Waals surface area contributed by atoms with Gasteiger partial charge in [0, 0.05) is 35.3 Å². The second-order valence-electron chi connectivity index (χ2n) is 5.90. The molecule has 126 valence electrons. The zero-order valence-corrected chi connectivity index (χ0v) is 16.3. The molecule has 2 amide bonds. The number of halogens is 1. The van der Waals surface area contributed by atoms with E-state index in [2.05, 4.69) is 27.9 Å². The number of hydrogen-bond acceptors (Lipinski definition) is 2. The van der Waals surface area contributed by atoms with Crippen molar-refractivity contribution in [2.24, 2.45) is 0 Å². The molecule has 0 bridgehead atoms. The van der Waals surface area contributed by atoms with Gasteiger partial charge in [-0.1, -0.05) is 18.2 Å². The van der Waals surface area contributed by atoms with Gasteiger partial charge in [0.25, 0.3) is 5.91 Å². The number of rotatable bonds is 5. The number of nitrogens with one attached hydrogen (secondary N) is 1. The first kappa shape index (κ1) is 18.4. The van der Waals surface area contributed by atoms with Crippen molar-refractivity contribution in [2.45, 2.75) is 19.8 Å². The monoisotopic (exact) mass is 436 g/mol. The highest BCUT2D eigenvalue weighted by Crippen LogP contribution is 2.16. The van der Waals surface area contributed by atoms with Gasteiger partial charge in [0.1, 0.15) is 0 Å². The van der Waals surface area contributed by atoms with Crippen LogP contribution in [-0.4, -0.2) is 30.8 Å². The molecular formula is C19H21IN2O2. The van der Waals surface area contributed by atoms with E-state index in [4.69, 9.17) is 0 Å². The maximum atomic E-state index is 12.3. The summed E-state index contributed by atoms with van der Waals surface area (Å²) in [5, 5.41) is 2.90. The van der Waals surface area contributed by atoms with Crippen LogP contribution in [0.15, 0.2) is 42.5 Å². The van der Waals surface area contributed by atoms with E-state index in [1.165, 1.54) is 0 Å². The van der Waals surface area contributed by atoms with Crippen LogP contribution in [0.4, 0.5) is 5.69 Å². The van der Waals surface area contributed by atoms with Gasteiger partial charge in [-0.25, -0.2) is 0 Å². The van der Waals surface area contributed by atoms with Crippen molar-refractivity contribution >= 4 is 40.1 Å². The summed E-state index contributed by atoms with van der Waals surface area (Å²) in [6.45, 7) is 2.02. The van der Waals surface area contributed by atoms with E-state index in [1.54, 1.807) is 19.0 Å². The van der Waals surface area contributed by atoms with Gasteiger partial charge >= 0.3 is 0 Å². The molecular weight excluding hydrogens is 415 g/mol. The molecule has 0 fully saturated rings. The molecule has 2 aromatic carbocycles. The maximum Gasteiger partial charge on any atom is 0.255 e. The van der Waals surface area contributed by atoms with Gasteiger partial charge in [0.05, 0.1) is 0 Å². The molecule has 0 saturated heterocycles.